The molecule has 0 bridgehead atoms. The van der Waals surface area contributed by atoms with E-state index in [0.717, 1.165) is 0 Å². The second-order valence-electron chi connectivity index (χ2n) is 4.05. The molecule has 3 heterocycles. The van der Waals surface area contributed by atoms with Gasteiger partial charge in [0.05, 0.1) is 6.26 Å². The molecule has 0 aliphatic carbocycles. The van der Waals surface area contributed by atoms with Crippen molar-refractivity contribution >= 4 is 17.4 Å². The Balaban J connectivity index is 2.24. The van der Waals surface area contributed by atoms with E-state index in [2.05, 4.69) is 20.4 Å². The summed E-state index contributed by atoms with van der Waals surface area (Å²) in [6.07, 6.45) is 1.55. The van der Waals surface area contributed by atoms with Gasteiger partial charge in [-0.05, 0) is 19.1 Å². The number of rotatable bonds is 2. The number of carbonyl (C=O) groups excluding carboxylic acids is 1. The van der Waals surface area contributed by atoms with Crippen LogP contribution in [-0.4, -0.2) is 25.5 Å². The van der Waals surface area contributed by atoms with Gasteiger partial charge in [-0.15, -0.1) is 5.10 Å². The smallest absolute Gasteiger partial charge is 0.222 e. The third kappa shape index (κ3) is 2.05. The average molecular weight is 257 g/mol. The van der Waals surface area contributed by atoms with Gasteiger partial charge < -0.3 is 9.73 Å². The highest BCUT2D eigenvalue weighted by Crippen LogP contribution is 2.21. The van der Waals surface area contributed by atoms with E-state index < -0.39 is 0 Å². The number of nitrogens with zero attached hydrogens (tertiary/aromatic N) is 4. The monoisotopic (exact) mass is 257 g/mol. The summed E-state index contributed by atoms with van der Waals surface area (Å²) >= 11 is 0. The Hall–Kier alpha value is -2.70. The lowest BCUT2D eigenvalue weighted by molar-refractivity contribution is -0.114. The summed E-state index contributed by atoms with van der Waals surface area (Å²) in [4.78, 5) is 19.7. The first-order valence-electron chi connectivity index (χ1n) is 5.69. The number of hydrogen-bond acceptors (Lipinski definition) is 5. The summed E-state index contributed by atoms with van der Waals surface area (Å²) in [5.41, 5.74) is 0.600. The van der Waals surface area contributed by atoms with Gasteiger partial charge in [0, 0.05) is 13.0 Å². The van der Waals surface area contributed by atoms with Crippen LogP contribution in [-0.2, 0) is 4.79 Å². The zero-order valence-electron chi connectivity index (χ0n) is 10.4. The van der Waals surface area contributed by atoms with E-state index in [-0.39, 0.29) is 5.91 Å². The second kappa shape index (κ2) is 4.20. The molecule has 0 saturated carbocycles. The van der Waals surface area contributed by atoms with Crippen LogP contribution in [0.25, 0.3) is 17.2 Å². The second-order valence-corrected chi connectivity index (χ2v) is 4.05. The van der Waals surface area contributed by atoms with Gasteiger partial charge in [0.25, 0.3) is 0 Å². The van der Waals surface area contributed by atoms with Gasteiger partial charge in [0.15, 0.2) is 11.4 Å². The maximum atomic E-state index is 11.1. The molecule has 96 valence electrons. The molecule has 1 amide bonds. The number of furan rings is 1. The fourth-order valence-electron chi connectivity index (χ4n) is 1.81. The molecule has 0 saturated heterocycles. The van der Waals surface area contributed by atoms with Crippen molar-refractivity contribution in [1.29, 1.82) is 0 Å². The molecule has 19 heavy (non-hydrogen) atoms. The maximum Gasteiger partial charge on any atom is 0.222 e. The first kappa shape index (κ1) is 11.4. The Bertz CT molecular complexity index is 745. The molecule has 0 fully saturated rings. The number of carbonyl (C=O) groups is 1. The van der Waals surface area contributed by atoms with Crippen molar-refractivity contribution in [2.75, 3.05) is 5.32 Å². The quantitative estimate of drug-likeness (QED) is 0.754. The predicted molar refractivity (Wildman–Crippen MR) is 67.5 cm³/mol. The zero-order chi connectivity index (χ0) is 13.4. The van der Waals surface area contributed by atoms with Crippen molar-refractivity contribution < 1.29 is 9.21 Å². The average Bonchev–Trinajstić information content (AvgIpc) is 2.94. The first-order chi connectivity index (χ1) is 9.13. The first-order valence-corrected chi connectivity index (χ1v) is 5.69. The van der Waals surface area contributed by atoms with Crippen LogP contribution < -0.4 is 5.32 Å². The minimum absolute atomic E-state index is 0.196. The Kier molecular flexibility index (Phi) is 2.52. The molecule has 0 aliphatic rings. The lowest BCUT2D eigenvalue weighted by atomic mass is 10.4. The Morgan fingerprint density at radius 2 is 2.26 bits per heavy atom. The van der Waals surface area contributed by atoms with E-state index in [1.165, 1.54) is 6.92 Å². The minimum Gasteiger partial charge on any atom is -0.461 e. The van der Waals surface area contributed by atoms with Gasteiger partial charge in [-0.1, -0.05) is 0 Å². The minimum atomic E-state index is -0.196. The lowest BCUT2D eigenvalue weighted by Gasteiger charge is -2.05. The molecule has 7 nitrogen and oxygen atoms in total. The van der Waals surface area contributed by atoms with Crippen LogP contribution in [0.15, 0.2) is 28.9 Å². The molecule has 0 spiro atoms. The van der Waals surface area contributed by atoms with E-state index in [0.29, 0.717) is 28.9 Å². The third-order valence-corrected chi connectivity index (χ3v) is 2.48. The van der Waals surface area contributed by atoms with Gasteiger partial charge in [-0.25, -0.2) is 9.97 Å². The van der Waals surface area contributed by atoms with Crippen molar-refractivity contribution in [1.82, 2.24) is 19.6 Å². The lowest BCUT2D eigenvalue weighted by Crippen LogP contribution is -2.09. The zero-order valence-corrected chi connectivity index (χ0v) is 10.4. The molecule has 0 atom stereocenters. The van der Waals surface area contributed by atoms with E-state index in [1.807, 2.05) is 0 Å². The highest BCUT2D eigenvalue weighted by atomic mass is 16.3. The van der Waals surface area contributed by atoms with Crippen LogP contribution >= 0.6 is 0 Å². The van der Waals surface area contributed by atoms with Gasteiger partial charge in [-0.2, -0.15) is 4.52 Å². The number of fused-ring (bicyclic) bond motifs is 1. The molecule has 0 unspecified atom stereocenters. The maximum absolute atomic E-state index is 11.1. The molecule has 0 aromatic carbocycles. The molecule has 0 aliphatic heterocycles. The molecular formula is C12H11N5O2. The predicted octanol–water partition coefficient (Wildman–Crippen LogP) is 1.65. The number of nitrogens with one attached hydrogen (secondary N) is 1. The third-order valence-electron chi connectivity index (χ3n) is 2.48. The number of aryl methyl sites for hydroxylation is 1. The topological polar surface area (TPSA) is 85.3 Å². The number of amides is 1. The van der Waals surface area contributed by atoms with Crippen molar-refractivity contribution in [3.8, 4) is 11.6 Å². The van der Waals surface area contributed by atoms with Crippen molar-refractivity contribution in [2.45, 2.75) is 13.8 Å². The summed E-state index contributed by atoms with van der Waals surface area (Å²) in [6.45, 7) is 3.21. The fraction of sp³-hybridized carbons (Fsp3) is 0.167. The van der Waals surface area contributed by atoms with Gasteiger partial charge in [-0.3, -0.25) is 4.79 Å². The van der Waals surface area contributed by atoms with Crippen LogP contribution in [0.5, 0.6) is 0 Å². The molecule has 3 aromatic heterocycles. The molecular weight excluding hydrogens is 246 g/mol. The van der Waals surface area contributed by atoms with Gasteiger partial charge >= 0.3 is 0 Å². The number of hydrogen-bond donors (Lipinski definition) is 1. The number of aromatic nitrogens is 4. The van der Waals surface area contributed by atoms with Crippen LogP contribution in [0, 0.1) is 6.92 Å². The van der Waals surface area contributed by atoms with E-state index >= 15 is 0 Å². The van der Waals surface area contributed by atoms with Crippen LogP contribution in [0.3, 0.4) is 0 Å². The van der Waals surface area contributed by atoms with Gasteiger partial charge in [0.2, 0.25) is 11.7 Å². The Morgan fingerprint density at radius 1 is 1.42 bits per heavy atom. The summed E-state index contributed by atoms with van der Waals surface area (Å²) < 4.78 is 6.92. The number of anilines is 1. The van der Waals surface area contributed by atoms with E-state index in [4.69, 9.17) is 4.42 Å². The van der Waals surface area contributed by atoms with Crippen LogP contribution in [0.4, 0.5) is 5.82 Å². The SMILES string of the molecule is CC(=O)Nc1cc2nc(C)nn2c(-c2ccco2)n1. The summed E-state index contributed by atoms with van der Waals surface area (Å²) in [5.74, 6) is 1.89. The Labute approximate surface area is 108 Å². The molecule has 3 rings (SSSR count). The summed E-state index contributed by atoms with van der Waals surface area (Å²) in [6, 6.07) is 5.20. The normalized spacial score (nSPS) is 10.8. The van der Waals surface area contributed by atoms with Crippen molar-refractivity contribution in [3.05, 3.63) is 30.3 Å². The highest BCUT2D eigenvalue weighted by molar-refractivity contribution is 5.88. The van der Waals surface area contributed by atoms with Crippen molar-refractivity contribution in [2.24, 2.45) is 0 Å². The molecule has 3 aromatic rings. The van der Waals surface area contributed by atoms with Gasteiger partial charge in [0.1, 0.15) is 11.6 Å². The molecule has 0 radical (unpaired) electrons. The van der Waals surface area contributed by atoms with Crippen molar-refractivity contribution in [3.63, 3.8) is 0 Å². The largest absolute Gasteiger partial charge is 0.461 e. The van der Waals surface area contributed by atoms with E-state index in [9.17, 15) is 4.79 Å². The standard InChI is InChI=1S/C12H11N5O2/c1-7-13-11-6-10(14-8(2)18)15-12(17(11)16-7)9-4-3-5-19-9/h3-6H,1-2H3,(H,14,18). The fourth-order valence-corrected chi connectivity index (χ4v) is 1.81. The summed E-state index contributed by atoms with van der Waals surface area (Å²) in [7, 11) is 0. The van der Waals surface area contributed by atoms with Crippen LogP contribution in [0.1, 0.15) is 12.7 Å². The van der Waals surface area contributed by atoms with E-state index in [1.54, 1.807) is 35.9 Å². The molecule has 1 N–H and O–H groups in total. The summed E-state index contributed by atoms with van der Waals surface area (Å²) in [5, 5.41) is 6.90. The van der Waals surface area contributed by atoms with Crippen LogP contribution in [0.2, 0.25) is 0 Å². The Morgan fingerprint density at radius 3 is 2.95 bits per heavy atom. The highest BCUT2D eigenvalue weighted by Gasteiger charge is 2.13. The molecule has 7 heteroatoms.